The van der Waals surface area contributed by atoms with Crippen molar-refractivity contribution in [2.45, 2.75) is 4.83 Å². The van der Waals surface area contributed by atoms with Crippen LogP contribution in [-0.4, -0.2) is 16.3 Å². The number of nitrogens with zero attached hydrogens (tertiary/aromatic N) is 2. The van der Waals surface area contributed by atoms with Gasteiger partial charge in [-0.3, -0.25) is 0 Å². The van der Waals surface area contributed by atoms with Gasteiger partial charge in [0.25, 0.3) is 0 Å². The van der Waals surface area contributed by atoms with E-state index in [-0.39, 0.29) is 4.83 Å². The number of fused-ring (bicyclic) bond motifs is 1. The summed E-state index contributed by atoms with van der Waals surface area (Å²) >= 11 is 10.8. The molecule has 0 saturated carbocycles. The van der Waals surface area contributed by atoms with Crippen LogP contribution in [0.5, 0.6) is 0 Å². The van der Waals surface area contributed by atoms with Crippen LogP contribution in [0, 0.1) is 0 Å². The van der Waals surface area contributed by atoms with Gasteiger partial charge in [-0.2, -0.15) is 0 Å². The number of alkyl halides is 1. The molecule has 0 aromatic heterocycles. The fourth-order valence-corrected chi connectivity index (χ4v) is 4.65. The average Bonchev–Trinajstić information content (AvgIpc) is 2.90. The Hall–Kier alpha value is -1.82. The predicted molar refractivity (Wildman–Crippen MR) is 130 cm³/mol. The molecule has 0 atom stereocenters. The highest BCUT2D eigenvalue weighted by Gasteiger charge is 2.25. The molecule has 0 spiro atoms. The Morgan fingerprint density at radius 3 is 1.39 bits per heavy atom. The third kappa shape index (κ3) is 3.84. The van der Waals surface area contributed by atoms with Crippen molar-refractivity contribution >= 4 is 80.6 Å². The molecule has 0 amide bonds. The van der Waals surface area contributed by atoms with Gasteiger partial charge in [0, 0.05) is 0 Å². The molecule has 28 heavy (non-hydrogen) atoms. The molecule has 1 heterocycles. The van der Waals surface area contributed by atoms with Crippen molar-refractivity contribution in [3.8, 4) is 0 Å². The molecule has 0 radical (unpaired) electrons. The van der Waals surface area contributed by atoms with Crippen LogP contribution >= 0.6 is 47.8 Å². The second-order valence-corrected chi connectivity index (χ2v) is 8.11. The molecule has 1 aliphatic rings. The molecule has 0 saturated heterocycles. The second kappa shape index (κ2) is 8.68. The fraction of sp³-hybridized carbons (Fsp3) is 0.0435. The summed E-state index contributed by atoms with van der Waals surface area (Å²) in [6.45, 7) is 0. The van der Waals surface area contributed by atoms with E-state index in [0.717, 1.165) is 44.4 Å². The van der Waals surface area contributed by atoms with E-state index >= 15 is 0 Å². The van der Waals surface area contributed by atoms with Gasteiger partial charge in [-0.05, 0) is 43.7 Å². The van der Waals surface area contributed by atoms with Crippen molar-refractivity contribution in [3.63, 3.8) is 0 Å². The summed E-state index contributed by atoms with van der Waals surface area (Å²) in [4.78, 5) is 13.7. The third-order valence-electron chi connectivity index (χ3n) is 4.52. The van der Waals surface area contributed by atoms with Gasteiger partial charge < -0.3 is 0 Å². The molecule has 1 aliphatic heterocycles. The molecular formula is C23H15Br3N2. The molecule has 3 aromatic carbocycles. The van der Waals surface area contributed by atoms with Gasteiger partial charge in [-0.1, -0.05) is 108 Å². The van der Waals surface area contributed by atoms with Gasteiger partial charge in [0.15, 0.2) is 0 Å². The van der Waals surface area contributed by atoms with Gasteiger partial charge in [0.05, 0.1) is 22.8 Å². The zero-order valence-electron chi connectivity index (χ0n) is 14.7. The highest BCUT2D eigenvalue weighted by Crippen LogP contribution is 2.33. The first-order chi connectivity index (χ1) is 13.7. The van der Waals surface area contributed by atoms with Crippen molar-refractivity contribution in [2.24, 2.45) is 9.98 Å². The lowest BCUT2D eigenvalue weighted by atomic mass is 10.00. The van der Waals surface area contributed by atoms with Crippen LogP contribution in [0.1, 0.15) is 11.1 Å². The molecular weight excluding hydrogens is 544 g/mol. The topological polar surface area (TPSA) is 24.7 Å². The minimum atomic E-state index is -0.127. The van der Waals surface area contributed by atoms with Crippen molar-refractivity contribution in [1.29, 1.82) is 0 Å². The van der Waals surface area contributed by atoms with E-state index in [2.05, 4.69) is 84.2 Å². The second-order valence-electron chi connectivity index (χ2n) is 6.28. The number of hydrogen-bond acceptors (Lipinski definition) is 2. The highest BCUT2D eigenvalue weighted by atomic mass is 79.9. The minimum absolute atomic E-state index is 0.127. The SMILES string of the molecule is Br/C=c1/cc2c(c/c1=C/Br)N=C(c1ccccc1)C(Br)C(c1ccccc1)=N2. The van der Waals surface area contributed by atoms with E-state index in [1.54, 1.807) is 0 Å². The molecule has 0 fully saturated rings. The van der Waals surface area contributed by atoms with Crippen molar-refractivity contribution in [1.82, 2.24) is 0 Å². The summed E-state index contributed by atoms with van der Waals surface area (Å²) in [5, 5.41) is 2.08. The number of aliphatic imine (C=N–C) groups is 2. The van der Waals surface area contributed by atoms with Gasteiger partial charge in [-0.15, -0.1) is 0 Å². The Bertz CT molecular complexity index is 1090. The monoisotopic (exact) mass is 556 g/mol. The largest absolute Gasteiger partial charge is 0.249 e. The van der Waals surface area contributed by atoms with Crippen LogP contribution in [0.15, 0.2) is 82.8 Å². The van der Waals surface area contributed by atoms with E-state index in [4.69, 9.17) is 9.98 Å². The molecule has 4 rings (SSSR count). The summed E-state index contributed by atoms with van der Waals surface area (Å²) in [7, 11) is 0. The van der Waals surface area contributed by atoms with Crippen LogP contribution in [-0.2, 0) is 0 Å². The van der Waals surface area contributed by atoms with Crippen LogP contribution in [0.4, 0.5) is 11.4 Å². The van der Waals surface area contributed by atoms with E-state index in [1.807, 2.05) is 46.4 Å². The quantitative estimate of drug-likeness (QED) is 0.346. The molecule has 138 valence electrons. The predicted octanol–water partition coefficient (Wildman–Crippen LogP) is 5.97. The maximum atomic E-state index is 5.04. The lowest BCUT2D eigenvalue weighted by Crippen LogP contribution is -2.25. The standard InChI is InChI=1S/C23H15Br3N2/c24-13-17-11-19-20(12-18(17)14-25)28-23(16-9-5-2-6-10-16)21(26)22(27-19)15-7-3-1-4-8-15/h1-14,21H/b17-13-,18-14-. The maximum absolute atomic E-state index is 5.04. The van der Waals surface area contributed by atoms with Crippen molar-refractivity contribution < 1.29 is 0 Å². The first kappa shape index (κ1) is 19.5. The highest BCUT2D eigenvalue weighted by molar-refractivity contribution is 9.14. The Morgan fingerprint density at radius 1 is 0.643 bits per heavy atom. The normalized spacial score (nSPS) is 15.7. The number of hydrogen-bond donors (Lipinski definition) is 0. The molecule has 0 unspecified atom stereocenters. The Morgan fingerprint density at radius 2 is 1.04 bits per heavy atom. The molecule has 0 N–H and O–H groups in total. The summed E-state index contributed by atoms with van der Waals surface area (Å²) in [6.07, 6.45) is 0. The van der Waals surface area contributed by atoms with Crippen LogP contribution < -0.4 is 10.4 Å². The number of benzene rings is 3. The lowest BCUT2D eigenvalue weighted by molar-refractivity contribution is 1.41. The first-order valence-corrected chi connectivity index (χ1v) is 11.4. The Kier molecular flexibility index (Phi) is 6.04. The zero-order valence-corrected chi connectivity index (χ0v) is 19.4. The van der Waals surface area contributed by atoms with E-state index < -0.39 is 0 Å². The Labute approximate surface area is 188 Å². The van der Waals surface area contributed by atoms with Gasteiger partial charge in [0.2, 0.25) is 0 Å². The summed E-state index contributed by atoms with van der Waals surface area (Å²) < 4.78 is 0. The zero-order chi connectivity index (χ0) is 19.5. The fourth-order valence-electron chi connectivity index (χ4n) is 3.12. The minimum Gasteiger partial charge on any atom is -0.249 e. The van der Waals surface area contributed by atoms with Gasteiger partial charge >= 0.3 is 0 Å². The maximum Gasteiger partial charge on any atom is 0.100 e. The summed E-state index contributed by atoms with van der Waals surface area (Å²) in [5.41, 5.74) is 5.72. The number of rotatable bonds is 2. The van der Waals surface area contributed by atoms with Crippen LogP contribution in [0.2, 0.25) is 0 Å². The third-order valence-corrected chi connectivity index (χ3v) is 6.37. The van der Waals surface area contributed by atoms with E-state index in [0.29, 0.717) is 0 Å². The molecule has 0 bridgehead atoms. The average molecular weight is 559 g/mol. The molecule has 2 nitrogen and oxygen atoms in total. The molecule has 0 aliphatic carbocycles. The van der Waals surface area contributed by atoms with E-state index in [1.165, 1.54) is 0 Å². The smallest absolute Gasteiger partial charge is 0.100 e. The first-order valence-electron chi connectivity index (χ1n) is 8.68. The number of halogens is 3. The summed E-state index contributed by atoms with van der Waals surface area (Å²) in [5.74, 6) is 0. The van der Waals surface area contributed by atoms with Crippen LogP contribution in [0.3, 0.4) is 0 Å². The van der Waals surface area contributed by atoms with Crippen molar-refractivity contribution in [3.05, 3.63) is 94.4 Å². The molecule has 3 aromatic rings. The Balaban J connectivity index is 2.04. The van der Waals surface area contributed by atoms with Crippen molar-refractivity contribution in [2.75, 3.05) is 0 Å². The van der Waals surface area contributed by atoms with Crippen LogP contribution in [0.25, 0.3) is 9.97 Å². The van der Waals surface area contributed by atoms with E-state index in [9.17, 15) is 0 Å². The van der Waals surface area contributed by atoms with Gasteiger partial charge in [0.1, 0.15) is 4.83 Å². The molecule has 5 heteroatoms. The van der Waals surface area contributed by atoms with Gasteiger partial charge in [-0.25, -0.2) is 9.98 Å². The lowest BCUT2D eigenvalue weighted by Gasteiger charge is -2.15. The summed E-state index contributed by atoms with van der Waals surface area (Å²) in [6, 6.07) is 24.6.